The van der Waals surface area contributed by atoms with Crippen molar-refractivity contribution in [2.75, 3.05) is 5.32 Å². The summed E-state index contributed by atoms with van der Waals surface area (Å²) in [4.78, 5) is 0. The van der Waals surface area contributed by atoms with E-state index in [0.29, 0.717) is 0 Å². The highest BCUT2D eigenvalue weighted by atomic mass is 14.8. The molecular weight excluding hydrogens is 212 g/mol. The maximum absolute atomic E-state index is 8.82. The molecule has 4 nitrogen and oxygen atoms in total. The third-order valence-electron chi connectivity index (χ3n) is 1.84. The minimum Gasteiger partial charge on any atom is -0.360 e. The quantitative estimate of drug-likeness (QED) is 0.626. The Morgan fingerprint density at radius 2 is 1.65 bits per heavy atom. The van der Waals surface area contributed by atoms with Gasteiger partial charge in [0.2, 0.25) is 0 Å². The zero-order valence-electron chi connectivity index (χ0n) is 8.88. The molecule has 0 bridgehead atoms. The second-order valence-electron chi connectivity index (χ2n) is 3.00. The minimum absolute atomic E-state index is 0.104. The predicted molar refractivity (Wildman–Crippen MR) is 63.1 cm³/mol. The number of nitriles is 3. The molecule has 0 heterocycles. The number of benzene rings is 1. The second-order valence-corrected chi connectivity index (χ2v) is 3.00. The zero-order valence-corrected chi connectivity index (χ0v) is 8.88. The summed E-state index contributed by atoms with van der Waals surface area (Å²) in [6, 6.07) is 14.5. The van der Waals surface area contributed by atoms with E-state index in [4.69, 9.17) is 15.8 Å². The van der Waals surface area contributed by atoms with Gasteiger partial charge in [-0.05, 0) is 18.2 Å². The third kappa shape index (κ3) is 3.91. The maximum atomic E-state index is 8.82. The molecule has 0 atom stereocenters. The average Bonchev–Trinajstić information content (AvgIpc) is 2.40. The van der Waals surface area contributed by atoms with Crippen molar-refractivity contribution in [2.24, 2.45) is 0 Å². The van der Waals surface area contributed by atoms with Crippen molar-refractivity contribution in [2.45, 2.75) is 0 Å². The van der Waals surface area contributed by atoms with E-state index in [-0.39, 0.29) is 11.1 Å². The maximum Gasteiger partial charge on any atom is 0.131 e. The lowest BCUT2D eigenvalue weighted by Gasteiger charge is -1.99. The van der Waals surface area contributed by atoms with Crippen LogP contribution in [0, 0.1) is 34.0 Å². The Hall–Kier alpha value is -3.03. The van der Waals surface area contributed by atoms with Crippen molar-refractivity contribution < 1.29 is 0 Å². The van der Waals surface area contributed by atoms with Crippen molar-refractivity contribution in [1.82, 2.24) is 0 Å². The molecule has 0 saturated heterocycles. The third-order valence-corrected chi connectivity index (χ3v) is 1.84. The van der Waals surface area contributed by atoms with Gasteiger partial charge in [-0.25, -0.2) is 0 Å². The van der Waals surface area contributed by atoms with Gasteiger partial charge in [0.25, 0.3) is 0 Å². The molecule has 0 aromatic heterocycles. The normalized spacial score (nSPS) is 9.35. The average molecular weight is 220 g/mol. The molecule has 1 aromatic rings. The highest BCUT2D eigenvalue weighted by molar-refractivity contribution is 5.51. The molecule has 4 heteroatoms. The predicted octanol–water partition coefficient (Wildman–Crippen LogP) is 2.48. The zero-order chi connectivity index (χ0) is 12.5. The number of hydrogen-bond donors (Lipinski definition) is 1. The molecule has 0 spiro atoms. The van der Waals surface area contributed by atoms with E-state index in [1.54, 1.807) is 12.1 Å². The first-order valence-corrected chi connectivity index (χ1v) is 4.74. The number of para-hydroxylation sites is 1. The lowest BCUT2D eigenvalue weighted by molar-refractivity contribution is 1.43. The number of nitrogens with zero attached hydrogens (tertiary/aromatic N) is 3. The summed E-state index contributed by atoms with van der Waals surface area (Å²) in [6.07, 6.45) is 2.68. The number of anilines is 1. The van der Waals surface area contributed by atoms with Crippen LogP contribution in [0.3, 0.4) is 0 Å². The summed E-state index contributed by atoms with van der Waals surface area (Å²) in [6.45, 7) is 0. The topological polar surface area (TPSA) is 83.4 Å². The summed E-state index contributed by atoms with van der Waals surface area (Å²) >= 11 is 0. The molecule has 1 N–H and O–H groups in total. The second kappa shape index (κ2) is 6.45. The standard InChI is InChI=1S/C13H8N4/c14-7-11(8-15)6-12(9-16)10-17-13-4-2-1-3-5-13/h1-6,10,17H/b12-10+. The monoisotopic (exact) mass is 220 g/mol. The fraction of sp³-hybridized carbons (Fsp3) is 0. The van der Waals surface area contributed by atoms with Crippen molar-refractivity contribution in [1.29, 1.82) is 15.8 Å². The lowest BCUT2D eigenvalue weighted by Crippen LogP contribution is -1.89. The minimum atomic E-state index is -0.104. The van der Waals surface area contributed by atoms with E-state index in [0.717, 1.165) is 5.69 Å². The van der Waals surface area contributed by atoms with E-state index in [9.17, 15) is 0 Å². The lowest BCUT2D eigenvalue weighted by atomic mass is 10.2. The fourth-order valence-electron chi connectivity index (χ4n) is 1.05. The molecule has 0 aliphatic carbocycles. The van der Waals surface area contributed by atoms with Gasteiger partial charge in [0.05, 0.1) is 5.57 Å². The summed E-state index contributed by atoms with van der Waals surface area (Å²) in [5, 5.41) is 28.8. The molecule has 80 valence electrons. The first-order valence-electron chi connectivity index (χ1n) is 4.74. The molecular formula is C13H8N4. The van der Waals surface area contributed by atoms with E-state index in [1.807, 2.05) is 36.4 Å². The van der Waals surface area contributed by atoms with Crippen LogP contribution in [0.5, 0.6) is 0 Å². The van der Waals surface area contributed by atoms with Crippen molar-refractivity contribution in [3.05, 3.63) is 53.8 Å². The summed E-state index contributed by atoms with van der Waals surface area (Å²) in [5.74, 6) is 0. The van der Waals surface area contributed by atoms with Crippen LogP contribution in [0.2, 0.25) is 0 Å². The van der Waals surface area contributed by atoms with Crippen LogP contribution in [0.25, 0.3) is 0 Å². The molecule has 0 aliphatic rings. The van der Waals surface area contributed by atoms with Crippen LogP contribution in [-0.2, 0) is 0 Å². The first-order chi connectivity index (χ1) is 8.30. The number of hydrogen-bond acceptors (Lipinski definition) is 4. The fourth-order valence-corrected chi connectivity index (χ4v) is 1.05. The molecule has 17 heavy (non-hydrogen) atoms. The molecule has 1 aromatic carbocycles. The molecule has 1 rings (SSSR count). The van der Waals surface area contributed by atoms with Crippen LogP contribution in [0.4, 0.5) is 5.69 Å². The van der Waals surface area contributed by atoms with Crippen LogP contribution < -0.4 is 5.32 Å². The van der Waals surface area contributed by atoms with E-state index >= 15 is 0 Å². The van der Waals surface area contributed by atoms with Crippen molar-refractivity contribution in [3.8, 4) is 18.2 Å². The van der Waals surface area contributed by atoms with Crippen LogP contribution in [0.1, 0.15) is 0 Å². The molecule has 0 saturated carbocycles. The van der Waals surface area contributed by atoms with E-state index in [2.05, 4.69) is 5.32 Å². The molecule has 0 unspecified atom stereocenters. The molecule has 0 aliphatic heterocycles. The number of rotatable bonds is 3. The number of nitrogens with one attached hydrogen (secondary N) is 1. The van der Waals surface area contributed by atoms with Gasteiger partial charge in [-0.1, -0.05) is 18.2 Å². The van der Waals surface area contributed by atoms with Gasteiger partial charge in [-0.3, -0.25) is 0 Å². The van der Waals surface area contributed by atoms with E-state index in [1.165, 1.54) is 12.3 Å². The Bertz CT molecular complexity index is 546. The largest absolute Gasteiger partial charge is 0.360 e. The van der Waals surface area contributed by atoms with Gasteiger partial charge >= 0.3 is 0 Å². The molecule has 0 amide bonds. The van der Waals surface area contributed by atoms with Gasteiger partial charge in [0.1, 0.15) is 23.8 Å². The van der Waals surface area contributed by atoms with E-state index < -0.39 is 0 Å². The SMILES string of the molecule is N#CC(C#N)=C/C(C#N)=C\Nc1ccccc1. The van der Waals surface area contributed by atoms with Gasteiger partial charge in [0.15, 0.2) is 0 Å². The molecule has 0 fully saturated rings. The Kier molecular flexibility index (Phi) is 4.57. The molecule has 0 radical (unpaired) electrons. The van der Waals surface area contributed by atoms with Crippen molar-refractivity contribution in [3.63, 3.8) is 0 Å². The van der Waals surface area contributed by atoms with Gasteiger partial charge < -0.3 is 5.32 Å². The smallest absolute Gasteiger partial charge is 0.131 e. The Morgan fingerprint density at radius 3 is 2.18 bits per heavy atom. The number of allylic oxidation sites excluding steroid dienone is 3. The Labute approximate surface area is 99.3 Å². The Morgan fingerprint density at radius 1 is 1.00 bits per heavy atom. The first kappa shape index (κ1) is 12.0. The van der Waals surface area contributed by atoms with Crippen LogP contribution >= 0.6 is 0 Å². The van der Waals surface area contributed by atoms with Crippen molar-refractivity contribution >= 4 is 5.69 Å². The highest BCUT2D eigenvalue weighted by Gasteiger charge is 1.96. The van der Waals surface area contributed by atoms with Gasteiger partial charge in [-0.15, -0.1) is 0 Å². The van der Waals surface area contributed by atoms with Crippen LogP contribution in [0.15, 0.2) is 53.8 Å². The van der Waals surface area contributed by atoms with Gasteiger partial charge in [-0.2, -0.15) is 15.8 Å². The Balaban J connectivity index is 2.85. The highest BCUT2D eigenvalue weighted by Crippen LogP contribution is 2.07. The summed E-state index contributed by atoms with van der Waals surface area (Å²) in [5.41, 5.74) is 0.934. The van der Waals surface area contributed by atoms with Crippen LogP contribution in [-0.4, -0.2) is 0 Å². The summed E-state index contributed by atoms with van der Waals surface area (Å²) < 4.78 is 0. The van der Waals surface area contributed by atoms with Gasteiger partial charge in [0, 0.05) is 11.9 Å². The summed E-state index contributed by atoms with van der Waals surface area (Å²) in [7, 11) is 0.